The van der Waals surface area contributed by atoms with E-state index in [4.69, 9.17) is 0 Å². The van der Waals surface area contributed by atoms with Gasteiger partial charge < -0.3 is 20.4 Å². The average Bonchev–Trinajstić information content (AvgIpc) is 3.57. The number of amides is 1. The molecule has 0 aromatic heterocycles. The van der Waals surface area contributed by atoms with E-state index in [1.165, 1.54) is 30.3 Å². The molecule has 2 heterocycles. The Morgan fingerprint density at radius 1 is 1.03 bits per heavy atom. The van der Waals surface area contributed by atoms with E-state index in [2.05, 4.69) is 50.8 Å². The number of hydrogen-bond acceptors (Lipinski definition) is 4. The second-order valence-corrected chi connectivity index (χ2v) is 9.22. The van der Waals surface area contributed by atoms with Crippen molar-refractivity contribution in [2.24, 2.45) is 0 Å². The summed E-state index contributed by atoms with van der Waals surface area (Å²) in [4.78, 5) is 17.9. The summed E-state index contributed by atoms with van der Waals surface area (Å²) in [6.45, 7) is 3.83. The Balaban J connectivity index is 1.21. The predicted molar refractivity (Wildman–Crippen MR) is 131 cm³/mol. The Morgan fingerprint density at radius 3 is 2.64 bits per heavy atom. The Kier molecular flexibility index (Phi) is 4.75. The molecule has 6 rings (SSSR count). The van der Waals surface area contributed by atoms with Crippen molar-refractivity contribution in [2.75, 3.05) is 33.5 Å². The third kappa shape index (κ3) is 3.59. The Bertz CT molecular complexity index is 1210. The number of aryl methyl sites for hydroxylation is 1. The first-order valence-electron chi connectivity index (χ1n) is 11.7. The van der Waals surface area contributed by atoms with Crippen LogP contribution in [-0.4, -0.2) is 31.1 Å². The maximum absolute atomic E-state index is 14.2. The Hall–Kier alpha value is -3.54. The summed E-state index contributed by atoms with van der Waals surface area (Å²) in [7, 11) is 0. The van der Waals surface area contributed by atoms with Crippen LogP contribution >= 0.6 is 0 Å². The van der Waals surface area contributed by atoms with Gasteiger partial charge in [-0.2, -0.15) is 0 Å². The average molecular weight is 443 g/mol. The number of carbonyl (C=O) groups excluding carboxylic acids is 1. The largest absolute Gasteiger partial charge is 0.373 e. The van der Waals surface area contributed by atoms with Crippen LogP contribution in [-0.2, 0) is 11.2 Å². The van der Waals surface area contributed by atoms with Gasteiger partial charge in [0.1, 0.15) is 11.9 Å². The fourth-order valence-electron chi connectivity index (χ4n) is 5.13. The summed E-state index contributed by atoms with van der Waals surface area (Å²) >= 11 is 0. The lowest BCUT2D eigenvalue weighted by Crippen LogP contribution is -2.40. The highest BCUT2D eigenvalue weighted by molar-refractivity contribution is 5.98. The van der Waals surface area contributed by atoms with E-state index in [1.54, 1.807) is 6.07 Å². The van der Waals surface area contributed by atoms with Gasteiger partial charge in [0.2, 0.25) is 5.91 Å². The zero-order valence-electron chi connectivity index (χ0n) is 18.6. The SMILES string of the molecule is Cc1ccc(F)c2c1NC(C(=O)Nc1cccc(N3CCN(C4CC4)c4ccccc43)c1)C2. The molecule has 3 aromatic rings. The number of para-hydroxylation sites is 2. The molecule has 1 saturated carbocycles. The van der Waals surface area contributed by atoms with Gasteiger partial charge in [-0.3, -0.25) is 4.79 Å². The molecule has 1 aliphatic carbocycles. The molecule has 0 saturated heterocycles. The molecule has 3 aliphatic rings. The van der Waals surface area contributed by atoms with Crippen molar-refractivity contribution in [2.45, 2.75) is 38.3 Å². The Morgan fingerprint density at radius 2 is 1.85 bits per heavy atom. The molecule has 33 heavy (non-hydrogen) atoms. The highest BCUT2D eigenvalue weighted by Crippen LogP contribution is 2.42. The highest BCUT2D eigenvalue weighted by Gasteiger charge is 2.34. The molecule has 2 aliphatic heterocycles. The van der Waals surface area contributed by atoms with E-state index >= 15 is 0 Å². The number of nitrogens with zero attached hydrogens (tertiary/aromatic N) is 2. The monoisotopic (exact) mass is 442 g/mol. The van der Waals surface area contributed by atoms with Crippen molar-refractivity contribution in [1.29, 1.82) is 0 Å². The maximum atomic E-state index is 14.2. The van der Waals surface area contributed by atoms with Gasteiger partial charge in [0.15, 0.2) is 0 Å². The number of halogens is 1. The summed E-state index contributed by atoms with van der Waals surface area (Å²) in [6.07, 6.45) is 2.90. The van der Waals surface area contributed by atoms with Crippen LogP contribution in [0.25, 0.3) is 0 Å². The summed E-state index contributed by atoms with van der Waals surface area (Å²) in [5.74, 6) is -0.412. The minimum absolute atomic E-state index is 0.152. The second-order valence-electron chi connectivity index (χ2n) is 9.22. The van der Waals surface area contributed by atoms with Gasteiger partial charge in [-0.1, -0.05) is 24.3 Å². The van der Waals surface area contributed by atoms with Gasteiger partial charge in [-0.25, -0.2) is 4.39 Å². The number of carbonyl (C=O) groups is 1. The fourth-order valence-corrected chi connectivity index (χ4v) is 5.13. The summed E-state index contributed by atoms with van der Waals surface area (Å²) in [5.41, 5.74) is 6.58. The zero-order chi connectivity index (χ0) is 22.5. The molecule has 168 valence electrons. The molecular formula is C27H27FN4O. The van der Waals surface area contributed by atoms with Crippen LogP contribution in [0.1, 0.15) is 24.0 Å². The summed E-state index contributed by atoms with van der Waals surface area (Å²) in [5, 5.41) is 6.25. The van der Waals surface area contributed by atoms with Crippen molar-refractivity contribution in [3.63, 3.8) is 0 Å². The topological polar surface area (TPSA) is 47.6 Å². The quantitative estimate of drug-likeness (QED) is 0.581. The second kappa shape index (κ2) is 7.80. The molecule has 1 atom stereocenters. The smallest absolute Gasteiger partial charge is 0.247 e. The normalized spacial score (nSPS) is 19.0. The molecular weight excluding hydrogens is 415 g/mol. The molecule has 5 nitrogen and oxygen atoms in total. The standard InChI is InChI=1S/C27H27FN4O/c1-17-9-12-22(28)21-16-23(30-26(17)21)27(33)29-18-5-4-6-20(15-18)32-14-13-31(19-10-11-19)24-7-2-3-8-25(24)32/h2-9,12,15,19,23,30H,10-11,13-14,16H2,1H3,(H,29,33). The summed E-state index contributed by atoms with van der Waals surface area (Å²) in [6, 6.07) is 20.0. The maximum Gasteiger partial charge on any atom is 0.247 e. The van der Waals surface area contributed by atoms with Crippen molar-refractivity contribution in [3.05, 3.63) is 77.6 Å². The van der Waals surface area contributed by atoms with E-state index in [9.17, 15) is 9.18 Å². The van der Waals surface area contributed by atoms with Crippen molar-refractivity contribution in [1.82, 2.24) is 0 Å². The minimum Gasteiger partial charge on any atom is -0.373 e. The van der Waals surface area contributed by atoms with E-state index < -0.39 is 6.04 Å². The lowest BCUT2D eigenvalue weighted by molar-refractivity contribution is -0.116. The van der Waals surface area contributed by atoms with Crippen LogP contribution in [0.2, 0.25) is 0 Å². The first-order valence-corrected chi connectivity index (χ1v) is 11.7. The van der Waals surface area contributed by atoms with Crippen LogP contribution in [0.4, 0.5) is 32.8 Å². The third-order valence-corrected chi connectivity index (χ3v) is 6.97. The molecule has 1 amide bonds. The molecule has 0 spiro atoms. The minimum atomic E-state index is -0.484. The van der Waals surface area contributed by atoms with Crippen LogP contribution in [0.3, 0.4) is 0 Å². The Labute approximate surface area is 193 Å². The lowest BCUT2D eigenvalue weighted by atomic mass is 10.1. The van der Waals surface area contributed by atoms with Crippen LogP contribution in [0.15, 0.2) is 60.7 Å². The molecule has 0 bridgehead atoms. The number of rotatable bonds is 4. The summed E-state index contributed by atoms with van der Waals surface area (Å²) < 4.78 is 14.2. The van der Waals surface area contributed by atoms with Gasteiger partial charge in [0.05, 0.1) is 11.4 Å². The van der Waals surface area contributed by atoms with Crippen LogP contribution in [0.5, 0.6) is 0 Å². The molecule has 0 radical (unpaired) electrons. The van der Waals surface area contributed by atoms with E-state index in [-0.39, 0.29) is 11.7 Å². The van der Waals surface area contributed by atoms with Crippen LogP contribution in [0, 0.1) is 12.7 Å². The lowest BCUT2D eigenvalue weighted by Gasteiger charge is -2.39. The zero-order valence-corrected chi connectivity index (χ0v) is 18.6. The van der Waals surface area contributed by atoms with Crippen LogP contribution < -0.4 is 20.4 Å². The molecule has 3 aromatic carbocycles. The van der Waals surface area contributed by atoms with Gasteiger partial charge >= 0.3 is 0 Å². The van der Waals surface area contributed by atoms with Crippen molar-refractivity contribution >= 4 is 34.3 Å². The first kappa shape index (κ1) is 20.1. The van der Waals surface area contributed by atoms with Gasteiger partial charge in [0.25, 0.3) is 0 Å². The number of anilines is 5. The number of nitrogens with one attached hydrogen (secondary N) is 2. The number of fused-ring (bicyclic) bond motifs is 2. The molecule has 6 heteroatoms. The predicted octanol–water partition coefficient (Wildman–Crippen LogP) is 5.23. The number of hydrogen-bond donors (Lipinski definition) is 2. The van der Waals surface area contributed by atoms with Gasteiger partial charge in [0, 0.05) is 48.2 Å². The third-order valence-electron chi connectivity index (χ3n) is 6.97. The molecule has 1 unspecified atom stereocenters. The number of benzene rings is 3. The van der Waals surface area contributed by atoms with Crippen molar-refractivity contribution < 1.29 is 9.18 Å². The molecule has 2 N–H and O–H groups in total. The molecule has 1 fully saturated rings. The first-order chi connectivity index (χ1) is 16.1. The van der Waals surface area contributed by atoms with E-state index in [0.717, 1.165) is 35.7 Å². The fraction of sp³-hybridized carbons (Fsp3) is 0.296. The van der Waals surface area contributed by atoms with E-state index in [1.807, 2.05) is 25.1 Å². The van der Waals surface area contributed by atoms with Crippen molar-refractivity contribution in [3.8, 4) is 0 Å². The highest BCUT2D eigenvalue weighted by atomic mass is 19.1. The van der Waals surface area contributed by atoms with Gasteiger partial charge in [-0.05, 0) is 61.7 Å². The van der Waals surface area contributed by atoms with E-state index in [0.29, 0.717) is 18.0 Å². The van der Waals surface area contributed by atoms with Gasteiger partial charge in [-0.15, -0.1) is 0 Å².